The van der Waals surface area contributed by atoms with Crippen LogP contribution in [0, 0.1) is 6.92 Å². The van der Waals surface area contributed by atoms with Crippen molar-refractivity contribution in [3.8, 4) is 0 Å². The molecule has 0 bridgehead atoms. The van der Waals surface area contributed by atoms with E-state index in [-0.39, 0.29) is 5.91 Å². The number of aryl methyl sites for hydroxylation is 2. The summed E-state index contributed by atoms with van der Waals surface area (Å²) in [6.45, 7) is 4.90. The predicted molar refractivity (Wildman–Crippen MR) is 109 cm³/mol. The molecule has 26 heavy (non-hydrogen) atoms. The van der Waals surface area contributed by atoms with E-state index in [1.807, 2.05) is 43.3 Å². The Morgan fingerprint density at radius 2 is 2.04 bits per heavy atom. The van der Waals surface area contributed by atoms with Gasteiger partial charge >= 0.3 is 0 Å². The number of imidazole rings is 1. The molecule has 0 aliphatic carbocycles. The Balaban J connectivity index is 1.46. The van der Waals surface area contributed by atoms with Gasteiger partial charge in [0.05, 0.1) is 32.0 Å². The number of rotatable bonds is 5. The second-order valence-electron chi connectivity index (χ2n) is 5.88. The van der Waals surface area contributed by atoms with Crippen molar-refractivity contribution in [1.29, 1.82) is 0 Å². The third-order valence-electron chi connectivity index (χ3n) is 4.05. The van der Waals surface area contributed by atoms with Gasteiger partial charge in [-0.25, -0.2) is 9.97 Å². The molecule has 0 unspecified atom stereocenters. The molecule has 0 saturated heterocycles. The molecule has 2 aromatic heterocycles. The van der Waals surface area contributed by atoms with Crippen LogP contribution in [-0.4, -0.2) is 26.2 Å². The van der Waals surface area contributed by atoms with Crippen molar-refractivity contribution < 1.29 is 4.79 Å². The Bertz CT molecular complexity index is 1100. The lowest BCUT2D eigenvalue weighted by Crippen LogP contribution is -2.14. The number of thiazole rings is 1. The van der Waals surface area contributed by atoms with Gasteiger partial charge in [-0.2, -0.15) is 0 Å². The largest absolute Gasteiger partial charge is 0.325 e. The van der Waals surface area contributed by atoms with Crippen molar-refractivity contribution in [2.45, 2.75) is 25.5 Å². The molecule has 1 N–H and O–H groups in total. The highest BCUT2D eigenvalue weighted by atomic mass is 32.2. The Kier molecular flexibility index (Phi) is 4.65. The Morgan fingerprint density at radius 3 is 2.88 bits per heavy atom. The number of nitrogens with zero attached hydrogens (tertiary/aromatic N) is 3. The Hall–Kier alpha value is -2.38. The molecule has 0 saturated carbocycles. The smallest absolute Gasteiger partial charge is 0.234 e. The average molecular weight is 383 g/mol. The number of fused-ring (bicyclic) bond motifs is 2. The zero-order valence-electron chi connectivity index (χ0n) is 14.5. The topological polar surface area (TPSA) is 59.8 Å². The summed E-state index contributed by atoms with van der Waals surface area (Å²) in [5, 5.41) is 4.86. The lowest BCUT2D eigenvalue weighted by Gasteiger charge is -2.07. The first-order valence-electron chi connectivity index (χ1n) is 8.39. The van der Waals surface area contributed by atoms with Gasteiger partial charge in [-0.05, 0) is 44.2 Å². The van der Waals surface area contributed by atoms with Crippen molar-refractivity contribution in [3.63, 3.8) is 0 Å². The summed E-state index contributed by atoms with van der Waals surface area (Å²) in [4.78, 5) is 21.4. The number of aromatic nitrogens is 3. The Morgan fingerprint density at radius 1 is 1.19 bits per heavy atom. The number of amides is 1. The normalized spacial score (nSPS) is 11.3. The highest BCUT2D eigenvalue weighted by Gasteiger charge is 2.12. The van der Waals surface area contributed by atoms with Crippen LogP contribution in [0.3, 0.4) is 0 Å². The molecule has 132 valence electrons. The van der Waals surface area contributed by atoms with Gasteiger partial charge < -0.3 is 9.88 Å². The second kappa shape index (κ2) is 7.09. The minimum absolute atomic E-state index is 0.0368. The van der Waals surface area contributed by atoms with E-state index in [1.165, 1.54) is 11.8 Å². The van der Waals surface area contributed by atoms with E-state index in [9.17, 15) is 4.79 Å². The summed E-state index contributed by atoms with van der Waals surface area (Å²) in [5.41, 5.74) is 3.83. The monoisotopic (exact) mass is 382 g/mol. The fourth-order valence-electron chi connectivity index (χ4n) is 2.91. The van der Waals surface area contributed by atoms with E-state index in [1.54, 1.807) is 11.3 Å². The molecule has 0 spiro atoms. The zero-order valence-corrected chi connectivity index (χ0v) is 16.2. The SMILES string of the molecule is CCn1c(SCC(=O)Nc2ccc3nc(C)sc3c2)nc2ccccc21. The van der Waals surface area contributed by atoms with Gasteiger partial charge in [0.1, 0.15) is 0 Å². The van der Waals surface area contributed by atoms with Gasteiger partial charge in [-0.3, -0.25) is 4.79 Å². The summed E-state index contributed by atoms with van der Waals surface area (Å²) < 4.78 is 3.22. The summed E-state index contributed by atoms with van der Waals surface area (Å²) in [7, 11) is 0. The molecule has 2 heterocycles. The number of anilines is 1. The van der Waals surface area contributed by atoms with Crippen LogP contribution >= 0.6 is 23.1 Å². The summed E-state index contributed by atoms with van der Waals surface area (Å²) in [6.07, 6.45) is 0. The van der Waals surface area contributed by atoms with Crippen LogP contribution in [0.5, 0.6) is 0 Å². The molecule has 0 aliphatic heterocycles. The van der Waals surface area contributed by atoms with Crippen LogP contribution in [0.2, 0.25) is 0 Å². The first kappa shape index (κ1) is 17.1. The molecule has 2 aromatic carbocycles. The lowest BCUT2D eigenvalue weighted by atomic mass is 10.3. The molecule has 4 aromatic rings. The van der Waals surface area contributed by atoms with Crippen molar-refractivity contribution >= 4 is 55.9 Å². The molecule has 0 atom stereocenters. The number of hydrogen-bond donors (Lipinski definition) is 1. The van der Waals surface area contributed by atoms with E-state index in [2.05, 4.69) is 32.8 Å². The molecule has 5 nitrogen and oxygen atoms in total. The van der Waals surface area contributed by atoms with Gasteiger partial charge in [0.25, 0.3) is 0 Å². The van der Waals surface area contributed by atoms with Crippen LogP contribution < -0.4 is 5.32 Å². The highest BCUT2D eigenvalue weighted by molar-refractivity contribution is 7.99. The number of carbonyl (C=O) groups is 1. The van der Waals surface area contributed by atoms with Gasteiger partial charge in [-0.15, -0.1) is 11.3 Å². The number of para-hydroxylation sites is 2. The van der Waals surface area contributed by atoms with Crippen molar-refractivity contribution in [3.05, 3.63) is 47.5 Å². The van der Waals surface area contributed by atoms with Crippen molar-refractivity contribution in [1.82, 2.24) is 14.5 Å². The maximum absolute atomic E-state index is 12.4. The third-order valence-corrected chi connectivity index (χ3v) is 5.96. The maximum atomic E-state index is 12.4. The van der Waals surface area contributed by atoms with Crippen LogP contribution in [0.25, 0.3) is 21.3 Å². The minimum Gasteiger partial charge on any atom is -0.325 e. The minimum atomic E-state index is -0.0368. The van der Waals surface area contributed by atoms with Crippen LogP contribution in [-0.2, 0) is 11.3 Å². The second-order valence-corrected chi connectivity index (χ2v) is 8.06. The first-order valence-corrected chi connectivity index (χ1v) is 10.2. The standard InChI is InChI=1S/C19H18N4OS2/c1-3-23-16-7-5-4-6-14(16)22-19(23)25-11-18(24)21-13-8-9-15-17(10-13)26-12(2)20-15/h4-10H,3,11H2,1-2H3,(H,21,24). The molecule has 4 rings (SSSR count). The highest BCUT2D eigenvalue weighted by Crippen LogP contribution is 2.26. The average Bonchev–Trinajstić information content (AvgIpc) is 3.18. The van der Waals surface area contributed by atoms with Gasteiger partial charge in [-0.1, -0.05) is 23.9 Å². The van der Waals surface area contributed by atoms with E-state index in [4.69, 9.17) is 0 Å². The fraction of sp³-hybridized carbons (Fsp3) is 0.211. The predicted octanol–water partition coefficient (Wildman–Crippen LogP) is 4.71. The van der Waals surface area contributed by atoms with E-state index >= 15 is 0 Å². The van der Waals surface area contributed by atoms with Crippen molar-refractivity contribution in [2.75, 3.05) is 11.1 Å². The molecule has 7 heteroatoms. The zero-order chi connectivity index (χ0) is 18.1. The molecular formula is C19H18N4OS2. The molecule has 0 aliphatic rings. The van der Waals surface area contributed by atoms with E-state index < -0.39 is 0 Å². The van der Waals surface area contributed by atoms with Gasteiger partial charge in [0, 0.05) is 12.2 Å². The Labute approximate surface area is 159 Å². The number of nitrogens with one attached hydrogen (secondary N) is 1. The molecular weight excluding hydrogens is 364 g/mol. The van der Waals surface area contributed by atoms with Crippen LogP contribution in [0.15, 0.2) is 47.6 Å². The number of benzene rings is 2. The summed E-state index contributed by atoms with van der Waals surface area (Å²) in [5.74, 6) is 0.286. The van der Waals surface area contributed by atoms with Crippen LogP contribution in [0.1, 0.15) is 11.9 Å². The quantitative estimate of drug-likeness (QED) is 0.508. The lowest BCUT2D eigenvalue weighted by molar-refractivity contribution is -0.113. The maximum Gasteiger partial charge on any atom is 0.234 e. The van der Waals surface area contributed by atoms with Crippen molar-refractivity contribution in [2.24, 2.45) is 0 Å². The van der Waals surface area contributed by atoms with Gasteiger partial charge in [0.15, 0.2) is 5.16 Å². The first-order chi connectivity index (χ1) is 12.6. The van der Waals surface area contributed by atoms with E-state index in [0.29, 0.717) is 5.75 Å². The molecule has 0 fully saturated rings. The molecule has 1 amide bonds. The fourth-order valence-corrected chi connectivity index (χ4v) is 4.66. The number of hydrogen-bond acceptors (Lipinski definition) is 5. The van der Waals surface area contributed by atoms with Crippen LogP contribution in [0.4, 0.5) is 5.69 Å². The third kappa shape index (κ3) is 3.32. The number of carbonyl (C=O) groups excluding carboxylic acids is 1. The van der Waals surface area contributed by atoms with Gasteiger partial charge in [0.2, 0.25) is 5.91 Å². The molecule has 0 radical (unpaired) electrons. The summed E-state index contributed by atoms with van der Waals surface area (Å²) in [6, 6.07) is 13.9. The van der Waals surface area contributed by atoms with E-state index in [0.717, 1.165) is 43.6 Å². The summed E-state index contributed by atoms with van der Waals surface area (Å²) >= 11 is 3.09. The number of thioether (sulfide) groups is 1.